The Morgan fingerprint density at radius 1 is 1.50 bits per heavy atom. The number of fused-ring (bicyclic) bond motifs is 1. The summed E-state index contributed by atoms with van der Waals surface area (Å²) in [5.74, 6) is 0.611. The molecule has 5 nitrogen and oxygen atoms in total. The summed E-state index contributed by atoms with van der Waals surface area (Å²) in [6, 6.07) is 3.42. The smallest absolute Gasteiger partial charge is 0.414 e. The molecule has 18 heavy (non-hydrogen) atoms. The minimum absolute atomic E-state index is 0.366. The molecule has 1 aliphatic heterocycles. The maximum atomic E-state index is 12.1. The number of nitrogens with zero attached hydrogens (tertiary/aromatic N) is 2. The van der Waals surface area contributed by atoms with Gasteiger partial charge in [-0.25, -0.2) is 9.78 Å². The molecule has 0 saturated carbocycles. The molecular weight excluding hydrogens is 254 g/mol. The van der Waals surface area contributed by atoms with Crippen molar-refractivity contribution in [3.05, 3.63) is 17.3 Å². The van der Waals surface area contributed by atoms with Crippen molar-refractivity contribution in [2.75, 3.05) is 23.3 Å². The molecule has 0 unspecified atom stereocenters. The maximum Gasteiger partial charge on any atom is 0.414 e. The molecular formula is C12H16ClN3O2. The third-order valence-corrected chi connectivity index (χ3v) is 2.58. The van der Waals surface area contributed by atoms with Crippen LogP contribution in [-0.2, 0) is 4.74 Å². The molecule has 2 rings (SSSR count). The van der Waals surface area contributed by atoms with E-state index < -0.39 is 5.60 Å². The van der Waals surface area contributed by atoms with Crippen LogP contribution in [0.2, 0.25) is 5.15 Å². The van der Waals surface area contributed by atoms with E-state index in [-0.39, 0.29) is 6.09 Å². The minimum Gasteiger partial charge on any atom is -0.443 e. The zero-order chi connectivity index (χ0) is 13.3. The Balaban J connectivity index is 2.25. The number of carbonyl (C=O) groups excluding carboxylic acids is 1. The molecule has 1 aromatic heterocycles. The van der Waals surface area contributed by atoms with E-state index in [1.165, 1.54) is 0 Å². The summed E-state index contributed by atoms with van der Waals surface area (Å²) in [4.78, 5) is 17.8. The summed E-state index contributed by atoms with van der Waals surface area (Å²) < 4.78 is 5.36. The number of halogens is 1. The molecule has 0 fully saturated rings. The number of nitrogens with one attached hydrogen (secondary N) is 1. The highest BCUT2D eigenvalue weighted by molar-refractivity contribution is 6.29. The van der Waals surface area contributed by atoms with Crippen molar-refractivity contribution in [3.8, 4) is 0 Å². The van der Waals surface area contributed by atoms with Gasteiger partial charge in [-0.1, -0.05) is 11.6 Å². The zero-order valence-electron chi connectivity index (χ0n) is 10.7. The lowest BCUT2D eigenvalue weighted by Crippen LogP contribution is -2.42. The summed E-state index contributed by atoms with van der Waals surface area (Å²) in [5.41, 5.74) is 0.182. The van der Waals surface area contributed by atoms with E-state index in [0.29, 0.717) is 29.7 Å². The van der Waals surface area contributed by atoms with E-state index in [1.807, 2.05) is 20.8 Å². The average molecular weight is 270 g/mol. The Morgan fingerprint density at radius 2 is 2.22 bits per heavy atom. The number of rotatable bonds is 0. The van der Waals surface area contributed by atoms with Crippen molar-refractivity contribution in [1.82, 2.24) is 4.98 Å². The number of hydrogen-bond donors (Lipinski definition) is 1. The van der Waals surface area contributed by atoms with Gasteiger partial charge in [0.2, 0.25) is 0 Å². The fraction of sp³-hybridized carbons (Fsp3) is 0.500. The van der Waals surface area contributed by atoms with E-state index in [4.69, 9.17) is 16.3 Å². The Labute approximate surface area is 111 Å². The van der Waals surface area contributed by atoms with Gasteiger partial charge in [0.25, 0.3) is 0 Å². The first-order chi connectivity index (χ1) is 8.37. The summed E-state index contributed by atoms with van der Waals surface area (Å²) in [6.07, 6.45) is -0.366. The zero-order valence-corrected chi connectivity index (χ0v) is 11.4. The normalized spacial score (nSPS) is 14.8. The Hall–Kier alpha value is -1.49. The third-order valence-electron chi connectivity index (χ3n) is 2.37. The maximum absolute atomic E-state index is 12.1. The number of pyridine rings is 1. The van der Waals surface area contributed by atoms with Crippen LogP contribution in [0.1, 0.15) is 20.8 Å². The lowest BCUT2D eigenvalue weighted by atomic mass is 10.2. The topological polar surface area (TPSA) is 54.5 Å². The highest BCUT2D eigenvalue weighted by atomic mass is 35.5. The van der Waals surface area contributed by atoms with Crippen LogP contribution >= 0.6 is 11.6 Å². The Kier molecular flexibility index (Phi) is 3.34. The predicted molar refractivity (Wildman–Crippen MR) is 71.3 cm³/mol. The van der Waals surface area contributed by atoms with Gasteiger partial charge in [-0.05, 0) is 32.9 Å². The first-order valence-electron chi connectivity index (χ1n) is 5.78. The lowest BCUT2D eigenvalue weighted by Gasteiger charge is -2.31. The highest BCUT2D eigenvalue weighted by Gasteiger charge is 2.27. The summed E-state index contributed by atoms with van der Waals surface area (Å²) in [7, 11) is 0. The minimum atomic E-state index is -0.512. The number of aromatic nitrogens is 1. The Bertz CT molecular complexity index is 471. The van der Waals surface area contributed by atoms with Gasteiger partial charge in [-0.2, -0.15) is 0 Å². The second-order valence-electron chi connectivity index (χ2n) is 5.06. The van der Waals surface area contributed by atoms with Gasteiger partial charge in [0, 0.05) is 13.1 Å². The largest absolute Gasteiger partial charge is 0.443 e. The van der Waals surface area contributed by atoms with E-state index in [9.17, 15) is 4.79 Å². The molecule has 0 saturated heterocycles. The third kappa shape index (κ3) is 2.85. The van der Waals surface area contributed by atoms with Crippen LogP contribution < -0.4 is 10.2 Å². The van der Waals surface area contributed by atoms with Crippen molar-refractivity contribution in [2.24, 2.45) is 0 Å². The van der Waals surface area contributed by atoms with Crippen LogP contribution in [0.5, 0.6) is 0 Å². The van der Waals surface area contributed by atoms with Crippen LogP contribution in [-0.4, -0.2) is 29.8 Å². The molecule has 2 heterocycles. The molecule has 0 aliphatic carbocycles. The molecule has 98 valence electrons. The van der Waals surface area contributed by atoms with Gasteiger partial charge in [-0.3, -0.25) is 4.90 Å². The molecule has 1 aromatic rings. The van der Waals surface area contributed by atoms with E-state index in [0.717, 1.165) is 0 Å². The van der Waals surface area contributed by atoms with Crippen molar-refractivity contribution in [3.63, 3.8) is 0 Å². The van der Waals surface area contributed by atoms with Gasteiger partial charge in [0.05, 0.1) is 5.69 Å². The first-order valence-corrected chi connectivity index (χ1v) is 6.15. The van der Waals surface area contributed by atoms with Gasteiger partial charge < -0.3 is 10.1 Å². The van der Waals surface area contributed by atoms with Crippen molar-refractivity contribution >= 4 is 29.2 Å². The fourth-order valence-corrected chi connectivity index (χ4v) is 1.84. The molecule has 0 bridgehead atoms. The molecule has 0 atom stereocenters. The van der Waals surface area contributed by atoms with Crippen molar-refractivity contribution in [1.29, 1.82) is 0 Å². The quantitative estimate of drug-likeness (QED) is 0.736. The monoisotopic (exact) mass is 269 g/mol. The summed E-state index contributed by atoms with van der Waals surface area (Å²) in [6.45, 7) is 6.70. The second kappa shape index (κ2) is 4.65. The molecule has 0 radical (unpaired) electrons. The van der Waals surface area contributed by atoms with Gasteiger partial charge in [0.1, 0.15) is 10.8 Å². The number of ether oxygens (including phenoxy) is 1. The molecule has 6 heteroatoms. The lowest BCUT2D eigenvalue weighted by molar-refractivity contribution is 0.0581. The first kappa shape index (κ1) is 13.0. The van der Waals surface area contributed by atoms with Crippen LogP contribution in [0, 0.1) is 0 Å². The molecule has 1 amide bonds. The standard InChI is InChI=1S/C12H16ClN3O2/c1-12(2,3)18-11(17)16-7-6-14-10-8(16)4-5-9(13)15-10/h4-5H,6-7H2,1-3H3,(H,14,15). The molecule has 1 N–H and O–H groups in total. The van der Waals surface area contributed by atoms with E-state index in [1.54, 1.807) is 17.0 Å². The number of anilines is 2. The SMILES string of the molecule is CC(C)(C)OC(=O)N1CCNc2nc(Cl)ccc21. The van der Waals surface area contributed by atoms with Crippen molar-refractivity contribution in [2.45, 2.75) is 26.4 Å². The fourth-order valence-electron chi connectivity index (χ4n) is 1.69. The Morgan fingerprint density at radius 3 is 2.89 bits per heavy atom. The highest BCUT2D eigenvalue weighted by Crippen LogP contribution is 2.29. The van der Waals surface area contributed by atoms with Crippen LogP contribution in [0.15, 0.2) is 12.1 Å². The van der Waals surface area contributed by atoms with Crippen LogP contribution in [0.3, 0.4) is 0 Å². The molecule has 1 aliphatic rings. The van der Waals surface area contributed by atoms with E-state index in [2.05, 4.69) is 10.3 Å². The summed E-state index contributed by atoms with van der Waals surface area (Å²) >= 11 is 5.82. The predicted octanol–water partition coefficient (Wildman–Crippen LogP) is 2.90. The van der Waals surface area contributed by atoms with Gasteiger partial charge >= 0.3 is 6.09 Å². The van der Waals surface area contributed by atoms with Crippen LogP contribution in [0.4, 0.5) is 16.3 Å². The number of hydrogen-bond acceptors (Lipinski definition) is 4. The number of carbonyl (C=O) groups is 1. The van der Waals surface area contributed by atoms with Crippen LogP contribution in [0.25, 0.3) is 0 Å². The summed E-state index contributed by atoms with van der Waals surface area (Å²) in [5, 5.41) is 3.50. The van der Waals surface area contributed by atoms with Crippen molar-refractivity contribution < 1.29 is 9.53 Å². The number of amides is 1. The van der Waals surface area contributed by atoms with E-state index >= 15 is 0 Å². The van der Waals surface area contributed by atoms with Gasteiger partial charge in [-0.15, -0.1) is 0 Å². The average Bonchev–Trinajstić information content (AvgIpc) is 2.25. The van der Waals surface area contributed by atoms with Gasteiger partial charge in [0.15, 0.2) is 5.82 Å². The molecule has 0 aromatic carbocycles. The second-order valence-corrected chi connectivity index (χ2v) is 5.45. The molecule has 0 spiro atoms.